The summed E-state index contributed by atoms with van der Waals surface area (Å²) in [6.07, 6.45) is 2.32. The molecule has 2 N–H and O–H groups in total. The summed E-state index contributed by atoms with van der Waals surface area (Å²) in [6, 6.07) is 0. The van der Waals surface area contributed by atoms with E-state index < -0.39 is 5.60 Å². The predicted octanol–water partition coefficient (Wildman–Crippen LogP) is 2.20. The molecular formula is C18H36IN5O2. The molecule has 0 spiro atoms. The number of hydrogen-bond donors (Lipinski definition) is 1. The summed E-state index contributed by atoms with van der Waals surface area (Å²) in [6.45, 7) is 14.7. The number of nitrogens with zero attached hydrogens (tertiary/aromatic N) is 4. The monoisotopic (exact) mass is 481 g/mol. The smallest absolute Gasteiger partial charge is 0.410 e. The highest BCUT2D eigenvalue weighted by Crippen LogP contribution is 2.15. The molecule has 7 nitrogen and oxygen atoms in total. The lowest BCUT2D eigenvalue weighted by Gasteiger charge is -2.36. The standard InChI is InChI=1S/C18H35N5O2.HI/c1-15-5-8-21(9-6-15)10-7-20-16(19)22-11-13-23(14-12-22)17(24)25-18(2,3)4;/h15H,5-14H2,1-4H3,(H2,19,20);1H. The summed E-state index contributed by atoms with van der Waals surface area (Å²) in [5.74, 6) is 1.44. The van der Waals surface area contributed by atoms with Gasteiger partial charge in [-0.1, -0.05) is 6.92 Å². The molecule has 1 amide bonds. The van der Waals surface area contributed by atoms with E-state index in [4.69, 9.17) is 10.5 Å². The third-order valence-corrected chi connectivity index (χ3v) is 4.82. The first-order chi connectivity index (χ1) is 11.7. The van der Waals surface area contributed by atoms with Crippen molar-refractivity contribution in [1.82, 2.24) is 14.7 Å². The Morgan fingerprint density at radius 1 is 1.08 bits per heavy atom. The van der Waals surface area contributed by atoms with Crippen molar-refractivity contribution in [3.05, 3.63) is 0 Å². The van der Waals surface area contributed by atoms with Gasteiger partial charge >= 0.3 is 6.09 Å². The maximum atomic E-state index is 12.1. The molecule has 2 saturated heterocycles. The zero-order chi connectivity index (χ0) is 18.4. The first-order valence-electron chi connectivity index (χ1n) is 9.50. The van der Waals surface area contributed by atoms with Gasteiger partial charge in [0.1, 0.15) is 5.60 Å². The summed E-state index contributed by atoms with van der Waals surface area (Å²) < 4.78 is 5.41. The molecule has 0 atom stereocenters. The minimum absolute atomic E-state index is 0. The normalized spacial score (nSPS) is 20.7. The second-order valence-corrected chi connectivity index (χ2v) is 8.22. The first-order valence-corrected chi connectivity index (χ1v) is 9.50. The number of piperazine rings is 1. The fraction of sp³-hybridized carbons (Fsp3) is 0.889. The number of carbonyl (C=O) groups is 1. The molecule has 152 valence electrons. The van der Waals surface area contributed by atoms with Gasteiger partial charge in [-0.25, -0.2) is 4.79 Å². The van der Waals surface area contributed by atoms with Crippen molar-refractivity contribution in [3.8, 4) is 0 Å². The fourth-order valence-corrected chi connectivity index (χ4v) is 3.14. The van der Waals surface area contributed by atoms with Gasteiger partial charge in [0, 0.05) is 32.7 Å². The largest absolute Gasteiger partial charge is 0.444 e. The van der Waals surface area contributed by atoms with Crippen LogP contribution in [0.2, 0.25) is 0 Å². The molecule has 0 aliphatic carbocycles. The number of hydrogen-bond acceptors (Lipinski definition) is 4. The molecule has 0 aromatic rings. The van der Waals surface area contributed by atoms with Gasteiger partial charge in [0.15, 0.2) is 5.96 Å². The topological polar surface area (TPSA) is 74.4 Å². The summed E-state index contributed by atoms with van der Waals surface area (Å²) in [4.78, 5) is 22.9. The van der Waals surface area contributed by atoms with Crippen LogP contribution in [0.15, 0.2) is 4.99 Å². The highest BCUT2D eigenvalue weighted by Gasteiger charge is 2.26. The predicted molar refractivity (Wildman–Crippen MR) is 116 cm³/mol. The van der Waals surface area contributed by atoms with Gasteiger partial charge in [0.05, 0.1) is 6.54 Å². The van der Waals surface area contributed by atoms with E-state index in [0.717, 1.165) is 19.0 Å². The van der Waals surface area contributed by atoms with Crippen LogP contribution in [0.5, 0.6) is 0 Å². The van der Waals surface area contributed by atoms with E-state index in [0.29, 0.717) is 32.1 Å². The SMILES string of the molecule is CC1CCN(CCN=C(N)N2CCN(C(=O)OC(C)(C)C)CC2)CC1.I. The van der Waals surface area contributed by atoms with Crippen molar-refractivity contribution in [1.29, 1.82) is 0 Å². The third-order valence-electron chi connectivity index (χ3n) is 4.82. The van der Waals surface area contributed by atoms with E-state index in [9.17, 15) is 4.79 Å². The van der Waals surface area contributed by atoms with Crippen LogP contribution >= 0.6 is 24.0 Å². The molecular weight excluding hydrogens is 445 g/mol. The number of piperidine rings is 1. The van der Waals surface area contributed by atoms with Gasteiger partial charge < -0.3 is 25.2 Å². The number of rotatable bonds is 3. The number of amides is 1. The van der Waals surface area contributed by atoms with E-state index in [1.54, 1.807) is 4.90 Å². The van der Waals surface area contributed by atoms with Crippen LogP contribution in [0.4, 0.5) is 4.79 Å². The zero-order valence-corrected chi connectivity index (χ0v) is 19.1. The molecule has 2 heterocycles. The van der Waals surface area contributed by atoms with E-state index in [-0.39, 0.29) is 30.1 Å². The Bertz CT molecular complexity index is 465. The summed E-state index contributed by atoms with van der Waals surface area (Å²) in [7, 11) is 0. The molecule has 0 unspecified atom stereocenters. The quantitative estimate of drug-likeness (QED) is 0.380. The number of carbonyl (C=O) groups excluding carboxylic acids is 1. The van der Waals surface area contributed by atoms with E-state index in [2.05, 4.69) is 21.7 Å². The number of guanidine groups is 1. The Labute approximate surface area is 175 Å². The number of ether oxygens (including phenoxy) is 1. The van der Waals surface area contributed by atoms with Crippen molar-refractivity contribution in [3.63, 3.8) is 0 Å². The van der Waals surface area contributed by atoms with E-state index in [1.807, 2.05) is 20.8 Å². The van der Waals surface area contributed by atoms with Crippen molar-refractivity contribution < 1.29 is 9.53 Å². The van der Waals surface area contributed by atoms with Crippen LogP contribution in [0.1, 0.15) is 40.5 Å². The lowest BCUT2D eigenvalue weighted by Crippen LogP contribution is -2.53. The Morgan fingerprint density at radius 2 is 1.62 bits per heavy atom. The fourth-order valence-electron chi connectivity index (χ4n) is 3.14. The molecule has 0 aromatic heterocycles. The Balaban J connectivity index is 0.00000338. The molecule has 0 aromatic carbocycles. The second kappa shape index (κ2) is 10.5. The summed E-state index contributed by atoms with van der Waals surface area (Å²) in [5.41, 5.74) is 5.67. The molecule has 2 rings (SSSR count). The van der Waals surface area contributed by atoms with Crippen LogP contribution in [-0.4, -0.2) is 84.7 Å². The molecule has 2 fully saturated rings. The Hall–Kier alpha value is -0.770. The number of nitrogens with two attached hydrogens (primary N) is 1. The van der Waals surface area contributed by atoms with Crippen LogP contribution in [-0.2, 0) is 4.74 Å². The van der Waals surface area contributed by atoms with Crippen LogP contribution in [0.25, 0.3) is 0 Å². The lowest BCUT2D eigenvalue weighted by atomic mass is 9.99. The van der Waals surface area contributed by atoms with Crippen molar-refractivity contribution in [2.75, 3.05) is 52.4 Å². The first kappa shape index (κ1) is 23.3. The minimum atomic E-state index is -0.457. The third kappa shape index (κ3) is 7.85. The molecule has 8 heteroatoms. The van der Waals surface area contributed by atoms with Crippen molar-refractivity contribution in [2.24, 2.45) is 16.6 Å². The van der Waals surface area contributed by atoms with Gasteiger partial charge in [-0.15, -0.1) is 24.0 Å². The molecule has 0 saturated carbocycles. The summed E-state index contributed by atoms with van der Waals surface area (Å²) >= 11 is 0. The average molecular weight is 481 g/mol. The molecule has 0 radical (unpaired) electrons. The lowest BCUT2D eigenvalue weighted by molar-refractivity contribution is 0.0186. The Kier molecular flexibility index (Phi) is 9.43. The number of likely N-dealkylation sites (tertiary alicyclic amines) is 1. The van der Waals surface area contributed by atoms with Crippen LogP contribution < -0.4 is 5.73 Å². The van der Waals surface area contributed by atoms with Gasteiger partial charge in [-0.05, 0) is 52.6 Å². The summed E-state index contributed by atoms with van der Waals surface area (Å²) in [5, 5.41) is 0. The second-order valence-electron chi connectivity index (χ2n) is 8.22. The van der Waals surface area contributed by atoms with E-state index >= 15 is 0 Å². The zero-order valence-electron chi connectivity index (χ0n) is 16.7. The Morgan fingerprint density at radius 3 is 2.15 bits per heavy atom. The average Bonchev–Trinajstić information content (AvgIpc) is 2.55. The van der Waals surface area contributed by atoms with Crippen molar-refractivity contribution in [2.45, 2.75) is 46.1 Å². The van der Waals surface area contributed by atoms with Gasteiger partial charge in [-0.2, -0.15) is 0 Å². The van der Waals surface area contributed by atoms with Gasteiger partial charge in [-0.3, -0.25) is 4.99 Å². The highest BCUT2D eigenvalue weighted by molar-refractivity contribution is 14.0. The molecule has 0 bridgehead atoms. The van der Waals surface area contributed by atoms with E-state index in [1.165, 1.54) is 25.9 Å². The molecule has 26 heavy (non-hydrogen) atoms. The molecule has 2 aliphatic heterocycles. The van der Waals surface area contributed by atoms with Crippen LogP contribution in [0.3, 0.4) is 0 Å². The van der Waals surface area contributed by atoms with Crippen LogP contribution in [0, 0.1) is 5.92 Å². The maximum absolute atomic E-state index is 12.1. The van der Waals surface area contributed by atoms with Gasteiger partial charge in [0.25, 0.3) is 0 Å². The molecule has 2 aliphatic rings. The maximum Gasteiger partial charge on any atom is 0.410 e. The number of halogens is 1. The minimum Gasteiger partial charge on any atom is -0.444 e. The number of aliphatic imine (C=N–C) groups is 1. The highest BCUT2D eigenvalue weighted by atomic mass is 127. The van der Waals surface area contributed by atoms with Crippen molar-refractivity contribution >= 4 is 36.0 Å². The van der Waals surface area contributed by atoms with Gasteiger partial charge in [0.2, 0.25) is 0 Å².